The molecular weight excluding hydrogens is 373 g/mol. The summed E-state index contributed by atoms with van der Waals surface area (Å²) in [4.78, 5) is 8.83. The van der Waals surface area contributed by atoms with Crippen molar-refractivity contribution in [2.24, 2.45) is 4.99 Å². The lowest BCUT2D eigenvalue weighted by Gasteiger charge is -2.14. The van der Waals surface area contributed by atoms with Crippen molar-refractivity contribution in [3.63, 3.8) is 0 Å². The molecule has 144 valence electrons. The Bertz CT molecular complexity index is 989. The van der Waals surface area contributed by atoms with Crippen molar-refractivity contribution in [1.82, 2.24) is 20.0 Å². The number of hydrogen-bond donors (Lipinski definition) is 0. The van der Waals surface area contributed by atoms with E-state index in [1.54, 1.807) is 6.07 Å². The fourth-order valence-corrected chi connectivity index (χ4v) is 4.08. The van der Waals surface area contributed by atoms with Crippen molar-refractivity contribution in [3.8, 4) is 11.1 Å². The Hall–Kier alpha value is -2.80. The van der Waals surface area contributed by atoms with Crippen molar-refractivity contribution in [2.45, 2.75) is 12.8 Å². The number of rotatable bonds is 4. The minimum Gasteiger partial charge on any atom is -0.344 e. The summed E-state index contributed by atoms with van der Waals surface area (Å²) in [5, 5.41) is 9.97. The number of halogens is 1. The van der Waals surface area contributed by atoms with Crippen molar-refractivity contribution in [1.29, 1.82) is 0 Å². The summed E-state index contributed by atoms with van der Waals surface area (Å²) in [5.74, 6) is 0.619. The summed E-state index contributed by atoms with van der Waals surface area (Å²) in [6, 6.07) is 15.0. The lowest BCUT2D eigenvalue weighted by atomic mass is 9.97. The van der Waals surface area contributed by atoms with Crippen LogP contribution in [0.25, 0.3) is 11.1 Å². The Balaban J connectivity index is 1.57. The van der Waals surface area contributed by atoms with Gasteiger partial charge < -0.3 is 9.80 Å². The SMILES string of the molecule is CC(c1ccc(-c2ccccc2)c(F)c1)c1nnc(N=C2N(C)CCN2C)s1. The minimum absolute atomic E-state index is 0.0511. The molecular formula is C21H22FN5S. The van der Waals surface area contributed by atoms with Crippen LogP contribution in [0.4, 0.5) is 9.52 Å². The molecule has 2 aromatic carbocycles. The average Bonchev–Trinajstić information content (AvgIpc) is 3.30. The van der Waals surface area contributed by atoms with E-state index in [4.69, 9.17) is 0 Å². The quantitative estimate of drug-likeness (QED) is 0.658. The number of hydrogen-bond acceptors (Lipinski definition) is 4. The third-order valence-corrected chi connectivity index (χ3v) is 6.03. The van der Waals surface area contributed by atoms with Crippen LogP contribution in [-0.2, 0) is 0 Å². The number of nitrogens with zero attached hydrogens (tertiary/aromatic N) is 5. The van der Waals surface area contributed by atoms with Gasteiger partial charge in [-0.15, -0.1) is 10.2 Å². The fraction of sp³-hybridized carbons (Fsp3) is 0.286. The van der Waals surface area contributed by atoms with Crippen LogP contribution in [0.2, 0.25) is 0 Å². The van der Waals surface area contributed by atoms with Crippen molar-refractivity contribution in [2.75, 3.05) is 27.2 Å². The first-order chi connectivity index (χ1) is 13.5. The smallest absolute Gasteiger partial charge is 0.234 e. The van der Waals surface area contributed by atoms with Gasteiger partial charge in [-0.25, -0.2) is 4.39 Å². The van der Waals surface area contributed by atoms with E-state index < -0.39 is 0 Å². The largest absolute Gasteiger partial charge is 0.344 e. The van der Waals surface area contributed by atoms with Crippen LogP contribution in [0.3, 0.4) is 0 Å². The van der Waals surface area contributed by atoms with Crippen molar-refractivity contribution < 1.29 is 4.39 Å². The molecule has 0 radical (unpaired) electrons. The molecule has 1 atom stereocenters. The second kappa shape index (κ2) is 7.67. The van der Waals surface area contributed by atoms with Crippen molar-refractivity contribution in [3.05, 3.63) is 64.9 Å². The Morgan fingerprint density at radius 3 is 2.43 bits per heavy atom. The van der Waals surface area contributed by atoms with E-state index in [-0.39, 0.29) is 11.7 Å². The number of aliphatic imine (C=N–C) groups is 1. The van der Waals surface area contributed by atoms with Crippen LogP contribution >= 0.6 is 11.3 Å². The van der Waals surface area contributed by atoms with Gasteiger partial charge in [-0.3, -0.25) is 0 Å². The summed E-state index contributed by atoms with van der Waals surface area (Å²) in [5.41, 5.74) is 2.36. The zero-order chi connectivity index (χ0) is 19.7. The third-order valence-electron chi connectivity index (χ3n) is 5.03. The van der Waals surface area contributed by atoms with Gasteiger partial charge in [-0.1, -0.05) is 60.7 Å². The van der Waals surface area contributed by atoms with Gasteiger partial charge in [-0.05, 0) is 17.2 Å². The summed E-state index contributed by atoms with van der Waals surface area (Å²) < 4.78 is 14.7. The zero-order valence-corrected chi connectivity index (χ0v) is 16.9. The van der Waals surface area contributed by atoms with Crippen LogP contribution in [-0.4, -0.2) is 53.1 Å². The highest BCUT2D eigenvalue weighted by Gasteiger charge is 2.21. The Labute approximate surface area is 168 Å². The summed E-state index contributed by atoms with van der Waals surface area (Å²) in [7, 11) is 4.04. The number of benzene rings is 2. The number of likely N-dealkylation sites (N-methyl/N-ethyl adjacent to an activating group) is 2. The summed E-state index contributed by atoms with van der Waals surface area (Å²) in [6.45, 7) is 3.91. The minimum atomic E-state index is -0.227. The predicted octanol–water partition coefficient (Wildman–Crippen LogP) is 4.36. The number of aromatic nitrogens is 2. The molecule has 0 spiro atoms. The maximum atomic E-state index is 14.7. The molecule has 0 saturated carbocycles. The van der Waals surface area contributed by atoms with Crippen LogP contribution in [0.15, 0.2) is 53.5 Å². The third kappa shape index (κ3) is 3.62. The molecule has 1 aliphatic heterocycles. The molecule has 0 bridgehead atoms. The topological polar surface area (TPSA) is 44.6 Å². The second-order valence-corrected chi connectivity index (χ2v) is 7.99. The molecule has 2 heterocycles. The zero-order valence-electron chi connectivity index (χ0n) is 16.1. The van der Waals surface area contributed by atoms with Gasteiger partial charge >= 0.3 is 0 Å². The molecule has 28 heavy (non-hydrogen) atoms. The van der Waals surface area contributed by atoms with Crippen LogP contribution in [0, 0.1) is 5.82 Å². The van der Waals surface area contributed by atoms with Gasteiger partial charge in [-0.2, -0.15) is 4.99 Å². The predicted molar refractivity (Wildman–Crippen MR) is 112 cm³/mol. The van der Waals surface area contributed by atoms with E-state index in [1.807, 2.05) is 63.5 Å². The van der Waals surface area contributed by atoms with Gasteiger partial charge in [0.25, 0.3) is 0 Å². The van der Waals surface area contributed by atoms with Crippen LogP contribution in [0.5, 0.6) is 0 Å². The Kier molecular flexibility index (Phi) is 5.09. The molecule has 4 rings (SSSR count). The van der Waals surface area contributed by atoms with Crippen LogP contribution < -0.4 is 0 Å². The molecule has 3 aromatic rings. The number of guanidine groups is 1. The van der Waals surface area contributed by atoms with E-state index in [9.17, 15) is 4.39 Å². The Morgan fingerprint density at radius 2 is 1.75 bits per heavy atom. The summed E-state index contributed by atoms with van der Waals surface area (Å²) in [6.07, 6.45) is 0. The van der Waals surface area contributed by atoms with Gasteiger partial charge in [0.2, 0.25) is 11.1 Å². The average molecular weight is 396 g/mol. The first-order valence-electron chi connectivity index (χ1n) is 9.22. The fourth-order valence-electron chi connectivity index (χ4n) is 3.29. The maximum Gasteiger partial charge on any atom is 0.234 e. The first kappa shape index (κ1) is 18.6. The molecule has 1 unspecified atom stereocenters. The highest BCUT2D eigenvalue weighted by molar-refractivity contribution is 7.15. The van der Waals surface area contributed by atoms with Gasteiger partial charge in [0.05, 0.1) is 0 Å². The molecule has 0 N–H and O–H groups in total. The standard InChI is InChI=1S/C21H22FN5S/c1-14(16-9-10-17(18(22)13-16)15-7-5-4-6-8-15)19-24-25-20(28-19)23-21-26(2)11-12-27(21)3/h4-10,13-14H,11-12H2,1-3H3. The van der Waals surface area contributed by atoms with E-state index in [2.05, 4.69) is 25.0 Å². The Morgan fingerprint density at radius 1 is 1.04 bits per heavy atom. The molecule has 1 aliphatic rings. The van der Waals surface area contributed by atoms with Crippen LogP contribution in [0.1, 0.15) is 23.4 Å². The van der Waals surface area contributed by atoms with Gasteiger partial charge in [0.1, 0.15) is 10.8 Å². The van der Waals surface area contributed by atoms with Crippen molar-refractivity contribution >= 4 is 22.4 Å². The molecule has 0 aliphatic carbocycles. The second-order valence-electron chi connectivity index (χ2n) is 7.00. The van der Waals surface area contributed by atoms with E-state index in [0.717, 1.165) is 35.2 Å². The van der Waals surface area contributed by atoms with E-state index in [1.165, 1.54) is 11.3 Å². The van der Waals surface area contributed by atoms with E-state index in [0.29, 0.717) is 10.7 Å². The summed E-state index contributed by atoms with van der Waals surface area (Å²) >= 11 is 1.45. The molecule has 0 amide bonds. The lowest BCUT2D eigenvalue weighted by molar-refractivity contribution is 0.553. The monoisotopic (exact) mass is 395 g/mol. The van der Waals surface area contributed by atoms with Gasteiger partial charge in [0, 0.05) is 38.7 Å². The molecule has 1 aromatic heterocycles. The van der Waals surface area contributed by atoms with Gasteiger partial charge in [0.15, 0.2) is 0 Å². The molecule has 5 nitrogen and oxygen atoms in total. The highest BCUT2D eigenvalue weighted by atomic mass is 32.1. The lowest BCUT2D eigenvalue weighted by Crippen LogP contribution is -2.27. The van der Waals surface area contributed by atoms with E-state index >= 15 is 0 Å². The molecule has 1 fully saturated rings. The maximum absolute atomic E-state index is 14.7. The highest BCUT2D eigenvalue weighted by Crippen LogP contribution is 2.32. The first-order valence-corrected chi connectivity index (χ1v) is 10.0. The molecule has 7 heteroatoms. The molecule has 1 saturated heterocycles. The normalized spacial score (nSPS) is 15.2.